The molecule has 1 heterocycles. The van der Waals surface area contributed by atoms with E-state index in [4.69, 9.17) is 9.47 Å². The van der Waals surface area contributed by atoms with Crippen LogP contribution >= 0.6 is 0 Å². The lowest BCUT2D eigenvalue weighted by Crippen LogP contribution is -2.44. The Morgan fingerprint density at radius 3 is 2.40 bits per heavy atom. The van der Waals surface area contributed by atoms with Crippen LogP contribution in [0.3, 0.4) is 0 Å². The zero-order valence-corrected chi connectivity index (χ0v) is 16.9. The zero-order valence-electron chi connectivity index (χ0n) is 16.9. The van der Waals surface area contributed by atoms with E-state index in [1.54, 1.807) is 36.5 Å². The van der Waals surface area contributed by atoms with Gasteiger partial charge in [-0.3, -0.25) is 4.79 Å². The van der Waals surface area contributed by atoms with E-state index in [1.807, 2.05) is 11.0 Å². The van der Waals surface area contributed by atoms with Gasteiger partial charge >= 0.3 is 0 Å². The number of benzene rings is 2. The van der Waals surface area contributed by atoms with Crippen molar-refractivity contribution < 1.29 is 18.7 Å². The number of halogens is 1. The van der Waals surface area contributed by atoms with Crippen molar-refractivity contribution in [2.45, 2.75) is 0 Å². The average Bonchev–Trinajstić information content (AvgIpc) is 2.78. The van der Waals surface area contributed by atoms with Gasteiger partial charge in [-0.15, -0.1) is 0 Å². The van der Waals surface area contributed by atoms with Crippen LogP contribution in [0, 0.1) is 17.1 Å². The van der Waals surface area contributed by atoms with E-state index in [2.05, 4.69) is 10.2 Å². The minimum absolute atomic E-state index is 0.00453. The standard InChI is InChI=1S/C22H23FN4O3/c1-29-19-7-8-21(30-2)20(13-19)25-22(28)16(14-24)15-26-9-11-27(12-10-26)18-5-3-17(23)4-6-18/h3-8,13,15H,9-12H2,1-2H3,(H,25,28)/b16-15-. The quantitative estimate of drug-likeness (QED) is 0.583. The van der Waals surface area contributed by atoms with Crippen LogP contribution in [0.4, 0.5) is 15.8 Å². The molecule has 0 radical (unpaired) electrons. The first-order valence-corrected chi connectivity index (χ1v) is 9.44. The fourth-order valence-corrected chi connectivity index (χ4v) is 3.18. The van der Waals surface area contributed by atoms with Gasteiger partial charge in [-0.25, -0.2) is 4.39 Å². The summed E-state index contributed by atoms with van der Waals surface area (Å²) in [5.74, 6) is 0.238. The van der Waals surface area contributed by atoms with Crippen LogP contribution in [0.25, 0.3) is 0 Å². The molecule has 1 fully saturated rings. The molecule has 1 aliphatic rings. The molecule has 3 rings (SSSR count). The number of anilines is 2. The van der Waals surface area contributed by atoms with Gasteiger partial charge in [0.1, 0.15) is 29.0 Å². The fourth-order valence-electron chi connectivity index (χ4n) is 3.18. The van der Waals surface area contributed by atoms with E-state index < -0.39 is 5.91 Å². The van der Waals surface area contributed by atoms with Gasteiger partial charge in [-0.2, -0.15) is 5.26 Å². The summed E-state index contributed by atoms with van der Waals surface area (Å²) >= 11 is 0. The van der Waals surface area contributed by atoms with Crippen molar-refractivity contribution in [2.24, 2.45) is 0 Å². The van der Waals surface area contributed by atoms with E-state index in [1.165, 1.54) is 26.4 Å². The highest BCUT2D eigenvalue weighted by Crippen LogP contribution is 2.29. The lowest BCUT2D eigenvalue weighted by molar-refractivity contribution is -0.112. The number of ether oxygens (including phenoxy) is 2. The van der Waals surface area contributed by atoms with Gasteiger partial charge in [0.05, 0.1) is 19.9 Å². The maximum atomic E-state index is 13.1. The van der Waals surface area contributed by atoms with E-state index >= 15 is 0 Å². The van der Waals surface area contributed by atoms with Crippen molar-refractivity contribution >= 4 is 17.3 Å². The second kappa shape index (κ2) is 9.65. The topological polar surface area (TPSA) is 77.8 Å². The summed E-state index contributed by atoms with van der Waals surface area (Å²) in [4.78, 5) is 16.7. The van der Waals surface area contributed by atoms with E-state index in [9.17, 15) is 14.4 Å². The Morgan fingerprint density at radius 1 is 1.10 bits per heavy atom. The third-order valence-corrected chi connectivity index (χ3v) is 4.84. The molecule has 0 aliphatic carbocycles. The largest absolute Gasteiger partial charge is 0.497 e. The number of methoxy groups -OCH3 is 2. The first kappa shape index (κ1) is 21.0. The molecule has 0 spiro atoms. The van der Waals surface area contributed by atoms with Gasteiger partial charge in [-0.1, -0.05) is 0 Å². The van der Waals surface area contributed by atoms with Crippen molar-refractivity contribution in [1.29, 1.82) is 5.26 Å². The summed E-state index contributed by atoms with van der Waals surface area (Å²) in [7, 11) is 3.03. The molecule has 156 valence electrons. The van der Waals surface area contributed by atoms with Crippen LogP contribution in [0.2, 0.25) is 0 Å². The maximum absolute atomic E-state index is 13.1. The highest BCUT2D eigenvalue weighted by molar-refractivity contribution is 6.07. The number of rotatable bonds is 6. The molecule has 8 heteroatoms. The van der Waals surface area contributed by atoms with Crippen LogP contribution in [-0.2, 0) is 4.79 Å². The highest BCUT2D eigenvalue weighted by Gasteiger charge is 2.19. The van der Waals surface area contributed by atoms with Gasteiger partial charge in [-0.05, 0) is 36.4 Å². The third kappa shape index (κ3) is 5.00. The van der Waals surface area contributed by atoms with Gasteiger partial charge in [0, 0.05) is 44.1 Å². The number of carbonyl (C=O) groups is 1. The van der Waals surface area contributed by atoms with Crippen molar-refractivity contribution in [2.75, 3.05) is 50.6 Å². The Labute approximate surface area is 174 Å². The SMILES string of the molecule is COc1ccc(OC)c(NC(=O)/C(C#N)=C\N2CCN(c3ccc(F)cc3)CC2)c1. The summed E-state index contributed by atoms with van der Waals surface area (Å²) in [6.45, 7) is 2.68. The predicted molar refractivity (Wildman–Crippen MR) is 112 cm³/mol. The number of carbonyl (C=O) groups excluding carboxylic acids is 1. The molecular formula is C22H23FN4O3. The number of hydrogen-bond donors (Lipinski definition) is 1. The van der Waals surface area contributed by atoms with Crippen molar-refractivity contribution in [3.05, 3.63) is 60.1 Å². The molecule has 1 amide bonds. The number of nitrogens with one attached hydrogen (secondary N) is 1. The summed E-state index contributed by atoms with van der Waals surface area (Å²) in [5, 5.41) is 12.2. The first-order valence-electron chi connectivity index (χ1n) is 9.44. The molecule has 0 unspecified atom stereocenters. The summed E-state index contributed by atoms with van der Waals surface area (Å²) in [5.41, 5.74) is 1.36. The molecule has 2 aromatic carbocycles. The van der Waals surface area contributed by atoms with Crippen molar-refractivity contribution in [3.8, 4) is 17.6 Å². The molecule has 0 atom stereocenters. The number of nitriles is 1. The van der Waals surface area contributed by atoms with Gasteiger partial charge in [0.15, 0.2) is 0 Å². The second-order valence-corrected chi connectivity index (χ2v) is 6.67. The van der Waals surface area contributed by atoms with Crippen LogP contribution in [0.5, 0.6) is 11.5 Å². The smallest absolute Gasteiger partial charge is 0.267 e. The van der Waals surface area contributed by atoms with Gasteiger partial charge in [0.2, 0.25) is 0 Å². The van der Waals surface area contributed by atoms with Crippen LogP contribution in [0.1, 0.15) is 0 Å². The number of hydrogen-bond acceptors (Lipinski definition) is 6. The van der Waals surface area contributed by atoms with Crippen LogP contribution < -0.4 is 19.7 Å². The lowest BCUT2D eigenvalue weighted by atomic mass is 10.2. The number of nitrogens with zero attached hydrogens (tertiary/aromatic N) is 3. The lowest BCUT2D eigenvalue weighted by Gasteiger charge is -2.35. The van der Waals surface area contributed by atoms with E-state index in [-0.39, 0.29) is 11.4 Å². The molecule has 1 N–H and O–H groups in total. The van der Waals surface area contributed by atoms with Crippen molar-refractivity contribution in [1.82, 2.24) is 4.90 Å². The Bertz CT molecular complexity index is 961. The molecule has 30 heavy (non-hydrogen) atoms. The van der Waals surface area contributed by atoms with Crippen molar-refractivity contribution in [3.63, 3.8) is 0 Å². The van der Waals surface area contributed by atoms with Crippen LogP contribution in [-0.4, -0.2) is 51.2 Å². The Kier molecular flexibility index (Phi) is 6.75. The third-order valence-electron chi connectivity index (χ3n) is 4.84. The molecule has 0 bridgehead atoms. The van der Waals surface area contributed by atoms with Gasteiger partial charge in [0.25, 0.3) is 5.91 Å². The Hall–Kier alpha value is -3.73. The van der Waals surface area contributed by atoms with E-state index in [0.29, 0.717) is 43.4 Å². The Morgan fingerprint density at radius 2 is 1.80 bits per heavy atom. The molecule has 1 aliphatic heterocycles. The summed E-state index contributed by atoms with van der Waals surface area (Å²) in [6, 6.07) is 13.4. The number of amides is 1. The molecular weight excluding hydrogens is 387 g/mol. The maximum Gasteiger partial charge on any atom is 0.267 e. The van der Waals surface area contributed by atoms with E-state index in [0.717, 1.165) is 5.69 Å². The minimum atomic E-state index is -0.523. The molecule has 0 aromatic heterocycles. The first-order chi connectivity index (χ1) is 14.5. The van der Waals surface area contributed by atoms with Crippen LogP contribution in [0.15, 0.2) is 54.2 Å². The average molecular weight is 410 g/mol. The van der Waals surface area contributed by atoms with Gasteiger partial charge < -0.3 is 24.6 Å². The number of piperazine rings is 1. The molecule has 1 saturated heterocycles. The summed E-state index contributed by atoms with van der Waals surface area (Å²) in [6.07, 6.45) is 1.57. The minimum Gasteiger partial charge on any atom is -0.497 e. The Balaban J connectivity index is 1.65. The fraction of sp³-hybridized carbons (Fsp3) is 0.273. The second-order valence-electron chi connectivity index (χ2n) is 6.67. The normalized spacial score (nSPS) is 14.1. The molecule has 2 aromatic rings. The highest BCUT2D eigenvalue weighted by atomic mass is 19.1. The predicted octanol–water partition coefficient (Wildman–Crippen LogP) is 3.01. The molecule has 7 nitrogen and oxygen atoms in total. The zero-order chi connectivity index (χ0) is 21.5. The summed E-state index contributed by atoms with van der Waals surface area (Å²) < 4.78 is 23.5. The monoisotopic (exact) mass is 410 g/mol. The molecule has 0 saturated carbocycles.